The fraction of sp³-hybridized carbons (Fsp3) is 0.488. The Labute approximate surface area is 311 Å². The molecule has 9 heteroatoms. The predicted molar refractivity (Wildman–Crippen MR) is 211 cm³/mol. The van der Waals surface area contributed by atoms with Gasteiger partial charge in [0.25, 0.3) is 0 Å². The third kappa shape index (κ3) is 8.55. The van der Waals surface area contributed by atoms with Crippen molar-refractivity contribution < 1.29 is 26.3 Å². The van der Waals surface area contributed by atoms with Crippen molar-refractivity contribution in [1.82, 2.24) is 5.06 Å². The van der Waals surface area contributed by atoms with Crippen LogP contribution in [0.15, 0.2) is 60.7 Å². The van der Waals surface area contributed by atoms with E-state index < -0.39 is 18.0 Å². The summed E-state index contributed by atoms with van der Waals surface area (Å²) in [7, 11) is 18.9. The molecule has 0 aromatic heterocycles. The summed E-state index contributed by atoms with van der Waals surface area (Å²) in [6, 6.07) is 21.1. The second-order valence-corrected chi connectivity index (χ2v) is 23.9. The topological polar surface area (TPSA) is 45.2 Å². The fourth-order valence-electron chi connectivity index (χ4n) is 6.56. The Morgan fingerprint density at radius 2 is 1.14 bits per heavy atom. The summed E-state index contributed by atoms with van der Waals surface area (Å²) in [4.78, 5) is 23.4. The monoisotopic (exact) mass is 811 g/mol. The first-order valence-electron chi connectivity index (χ1n) is 17.7. The molecule has 1 saturated heterocycles. The summed E-state index contributed by atoms with van der Waals surface area (Å²) >= 11 is -3.96. The molecule has 1 unspecified atom stereocenters. The second kappa shape index (κ2) is 16.8. The van der Waals surface area contributed by atoms with Crippen LogP contribution < -0.4 is 14.5 Å². The van der Waals surface area contributed by atoms with Crippen molar-refractivity contribution in [3.8, 4) is 5.75 Å². The van der Waals surface area contributed by atoms with Gasteiger partial charge in [-0.25, -0.2) is 0 Å². The molecule has 0 spiro atoms. The molecule has 3 aromatic rings. The second-order valence-electron chi connectivity index (χ2n) is 14.6. The molecule has 1 heterocycles. The number of para-hydroxylation sites is 3. The number of likely N-dealkylation sites (N-methyl/N-ethyl adjacent to an activating group) is 1. The summed E-state index contributed by atoms with van der Waals surface area (Å²) in [5, 5.41) is 1.21. The van der Waals surface area contributed by atoms with Crippen molar-refractivity contribution in [1.29, 1.82) is 0 Å². The number of hydroxylamine groups is 2. The Kier molecular flexibility index (Phi) is 13.5. The SMILES string of the molecule is CON(C)C(=O)C(Oc1ccccc1[CH]=[Ru-4]([Cl])([Cl])=[C]1N(c2c(C(C)C)cccc2C(C)C)CCN1c1c(C(C)C)cccc1C(C)C)C(C)C. The number of ether oxygens (including phenoxy) is 1. The van der Waals surface area contributed by atoms with E-state index in [1.54, 1.807) is 7.05 Å². The molecule has 0 radical (unpaired) electrons. The third-order valence-corrected chi connectivity index (χ3v) is 14.7. The van der Waals surface area contributed by atoms with Crippen LogP contribution in [-0.4, -0.2) is 53.3 Å². The van der Waals surface area contributed by atoms with Crippen LogP contribution >= 0.6 is 19.4 Å². The molecule has 3 aromatic carbocycles. The molecular formula is C41H57Cl2N3O3Ru-4. The molecule has 1 fully saturated rings. The van der Waals surface area contributed by atoms with Crippen molar-refractivity contribution in [3.05, 3.63) is 88.5 Å². The van der Waals surface area contributed by atoms with E-state index in [9.17, 15) is 4.79 Å². The van der Waals surface area contributed by atoms with Crippen molar-refractivity contribution >= 4 is 45.6 Å². The number of hydrogen-bond donors (Lipinski definition) is 0. The van der Waals surface area contributed by atoms with Gasteiger partial charge in [-0.15, -0.1) is 0 Å². The molecule has 6 nitrogen and oxygen atoms in total. The van der Waals surface area contributed by atoms with Crippen molar-refractivity contribution in [2.45, 2.75) is 99.0 Å². The summed E-state index contributed by atoms with van der Waals surface area (Å²) in [5.74, 6) is 1.38. The van der Waals surface area contributed by atoms with Gasteiger partial charge >= 0.3 is 313 Å². The van der Waals surface area contributed by atoms with E-state index in [1.807, 2.05) is 42.7 Å². The molecule has 0 saturated carbocycles. The number of benzene rings is 3. The van der Waals surface area contributed by atoms with E-state index in [2.05, 4.69) is 102 Å². The average Bonchev–Trinajstić information content (AvgIpc) is 3.51. The molecule has 280 valence electrons. The van der Waals surface area contributed by atoms with Gasteiger partial charge in [0.1, 0.15) is 0 Å². The molecule has 1 amide bonds. The average molecular weight is 812 g/mol. The Hall–Kier alpha value is -2.57. The Bertz CT molecular complexity index is 1660. The van der Waals surface area contributed by atoms with E-state index in [4.69, 9.17) is 29.0 Å². The van der Waals surface area contributed by atoms with Crippen LogP contribution in [0.2, 0.25) is 0 Å². The summed E-state index contributed by atoms with van der Waals surface area (Å²) in [5.41, 5.74) is 8.31. The number of amides is 1. The van der Waals surface area contributed by atoms with Crippen LogP contribution in [0.25, 0.3) is 0 Å². The number of nitrogens with zero attached hydrogens (tertiary/aromatic N) is 3. The van der Waals surface area contributed by atoms with Crippen LogP contribution in [-0.2, 0) is 21.5 Å². The molecule has 1 aliphatic rings. The van der Waals surface area contributed by atoms with Crippen LogP contribution in [0.1, 0.15) is 121 Å². The van der Waals surface area contributed by atoms with E-state index >= 15 is 0 Å². The molecule has 50 heavy (non-hydrogen) atoms. The standard InChI is InChI=1S/C27H38N2.C14H19NO3.2ClH.Ru/c1-18(2)22-11-9-12-23(19(3)4)26(22)28-15-16-29(17-28)27-24(20(5)6)13-10-14-25(27)21(7)8;1-10(2)13(14(16)15(4)17-5)18-12-9-7-6-8-11(12)3;;;/h9-14,18-21H,15-16H2,1-8H3;3,6-10,13H,1-2,4-5H3;2*1H;/q;;;;-2/p-2. The maximum atomic E-state index is 13.3. The van der Waals surface area contributed by atoms with Gasteiger partial charge in [-0.3, -0.25) is 0 Å². The van der Waals surface area contributed by atoms with Crippen molar-refractivity contribution in [3.63, 3.8) is 0 Å². The normalized spacial score (nSPS) is 14.8. The number of halogens is 2. The van der Waals surface area contributed by atoms with Crippen LogP contribution in [0.4, 0.5) is 11.4 Å². The van der Waals surface area contributed by atoms with Gasteiger partial charge in [0.05, 0.1) is 0 Å². The minimum atomic E-state index is -3.96. The number of anilines is 2. The van der Waals surface area contributed by atoms with E-state index in [0.717, 1.165) is 23.0 Å². The molecule has 1 atom stereocenters. The Balaban J connectivity index is 2.10. The first-order chi connectivity index (χ1) is 23.5. The molecule has 0 N–H and O–H groups in total. The molecule has 0 aliphatic carbocycles. The van der Waals surface area contributed by atoms with Crippen LogP contribution in [0.5, 0.6) is 5.75 Å². The van der Waals surface area contributed by atoms with Crippen molar-refractivity contribution in [2.24, 2.45) is 5.92 Å². The third-order valence-electron chi connectivity index (χ3n) is 9.26. The molecule has 4 rings (SSSR count). The number of hydrogen-bond acceptors (Lipinski definition) is 5. The van der Waals surface area contributed by atoms with E-state index in [1.165, 1.54) is 45.8 Å². The van der Waals surface area contributed by atoms with Gasteiger partial charge in [0.2, 0.25) is 0 Å². The first kappa shape index (κ1) is 40.2. The van der Waals surface area contributed by atoms with Gasteiger partial charge in [-0.2, -0.15) is 0 Å². The summed E-state index contributed by atoms with van der Waals surface area (Å²) < 4.78 is 9.49. The number of carbonyl (C=O) groups is 1. The van der Waals surface area contributed by atoms with Crippen LogP contribution in [0, 0.1) is 5.92 Å². The quantitative estimate of drug-likeness (QED) is 0.135. The minimum absolute atomic E-state index is 0.107. The first-order valence-corrected chi connectivity index (χ1v) is 24.1. The van der Waals surface area contributed by atoms with Gasteiger partial charge in [0, 0.05) is 0 Å². The summed E-state index contributed by atoms with van der Waals surface area (Å²) in [6.45, 7) is 23.5. The van der Waals surface area contributed by atoms with Crippen molar-refractivity contribution in [2.75, 3.05) is 37.0 Å². The van der Waals surface area contributed by atoms with Gasteiger partial charge in [-0.05, 0) is 0 Å². The fourth-order valence-corrected chi connectivity index (χ4v) is 12.6. The Morgan fingerprint density at radius 1 is 0.720 bits per heavy atom. The zero-order valence-corrected chi connectivity index (χ0v) is 35.2. The number of rotatable bonds is 12. The predicted octanol–water partition coefficient (Wildman–Crippen LogP) is 10.3. The van der Waals surface area contributed by atoms with Gasteiger partial charge in [-0.1, -0.05) is 0 Å². The van der Waals surface area contributed by atoms with Gasteiger partial charge < -0.3 is 0 Å². The summed E-state index contributed by atoms with van der Waals surface area (Å²) in [6.07, 6.45) is -0.759. The maximum absolute atomic E-state index is 13.3. The molecule has 0 bridgehead atoms. The van der Waals surface area contributed by atoms with Gasteiger partial charge in [0.15, 0.2) is 0 Å². The number of carbonyl (C=O) groups excluding carboxylic acids is 1. The molecule has 1 aliphatic heterocycles. The van der Waals surface area contributed by atoms with Crippen LogP contribution in [0.3, 0.4) is 0 Å². The Morgan fingerprint density at radius 3 is 1.52 bits per heavy atom. The zero-order valence-electron chi connectivity index (χ0n) is 31.9. The van der Waals surface area contributed by atoms with E-state index in [-0.39, 0.29) is 11.8 Å². The zero-order chi connectivity index (χ0) is 37.1. The van der Waals surface area contributed by atoms with E-state index in [0.29, 0.717) is 29.4 Å². The molecular weight excluding hydrogens is 754 g/mol.